The van der Waals surface area contributed by atoms with Crippen LogP contribution in [0.5, 0.6) is 0 Å². The Hall–Kier alpha value is -3.59. The van der Waals surface area contributed by atoms with E-state index in [9.17, 15) is 5.26 Å². The Morgan fingerprint density at radius 1 is 1.19 bits per heavy atom. The molecule has 0 aliphatic rings. The van der Waals surface area contributed by atoms with Crippen molar-refractivity contribution in [3.63, 3.8) is 0 Å². The van der Waals surface area contributed by atoms with E-state index in [0.29, 0.717) is 18.0 Å². The van der Waals surface area contributed by atoms with E-state index in [4.69, 9.17) is 4.84 Å². The second-order valence-electron chi connectivity index (χ2n) is 5.89. The summed E-state index contributed by atoms with van der Waals surface area (Å²) in [5.41, 5.74) is 3.27. The number of hydrogen-bond donors (Lipinski definition) is 0. The highest BCUT2D eigenvalue weighted by Crippen LogP contribution is 2.21. The molecule has 6 nitrogen and oxygen atoms in total. The number of rotatable bonds is 6. The van der Waals surface area contributed by atoms with Gasteiger partial charge in [0.15, 0.2) is 11.3 Å². The quantitative estimate of drug-likeness (QED) is 0.509. The SMILES string of the molecule is CN(C)c1cc[nH+]c(-n2cccc2/C=N/OCc2ccccc2)c1C#N. The summed E-state index contributed by atoms with van der Waals surface area (Å²) >= 11 is 0. The number of oxime groups is 1. The smallest absolute Gasteiger partial charge is 0.304 e. The van der Waals surface area contributed by atoms with Crippen LogP contribution in [-0.2, 0) is 11.4 Å². The highest BCUT2D eigenvalue weighted by molar-refractivity contribution is 5.78. The maximum absolute atomic E-state index is 9.61. The summed E-state index contributed by atoms with van der Waals surface area (Å²) < 4.78 is 1.88. The fourth-order valence-electron chi connectivity index (χ4n) is 2.63. The average Bonchev–Trinajstić information content (AvgIpc) is 3.13. The van der Waals surface area contributed by atoms with Gasteiger partial charge >= 0.3 is 5.82 Å². The first-order valence-corrected chi connectivity index (χ1v) is 8.20. The number of anilines is 1. The molecule has 0 spiro atoms. The van der Waals surface area contributed by atoms with Crippen LogP contribution >= 0.6 is 0 Å². The number of benzene rings is 1. The molecule has 130 valence electrons. The van der Waals surface area contributed by atoms with Gasteiger partial charge in [-0.1, -0.05) is 35.5 Å². The second kappa shape index (κ2) is 7.99. The summed E-state index contributed by atoms with van der Waals surface area (Å²) in [6.45, 7) is 0.406. The van der Waals surface area contributed by atoms with Crippen LogP contribution in [0.25, 0.3) is 5.82 Å². The maximum Gasteiger partial charge on any atom is 0.304 e. The zero-order valence-corrected chi connectivity index (χ0v) is 14.8. The van der Waals surface area contributed by atoms with E-state index in [1.54, 1.807) is 6.21 Å². The summed E-state index contributed by atoms with van der Waals surface area (Å²) in [7, 11) is 3.82. The van der Waals surface area contributed by atoms with Crippen molar-refractivity contribution in [2.24, 2.45) is 5.16 Å². The Morgan fingerprint density at radius 3 is 2.73 bits per heavy atom. The third-order valence-electron chi connectivity index (χ3n) is 3.90. The molecule has 1 N–H and O–H groups in total. The number of aromatic amines is 1. The van der Waals surface area contributed by atoms with Crippen LogP contribution in [0, 0.1) is 11.3 Å². The zero-order valence-electron chi connectivity index (χ0n) is 14.8. The van der Waals surface area contributed by atoms with E-state index in [1.165, 1.54) is 0 Å². The van der Waals surface area contributed by atoms with Gasteiger partial charge in [-0.3, -0.25) is 0 Å². The lowest BCUT2D eigenvalue weighted by atomic mass is 10.2. The van der Waals surface area contributed by atoms with E-state index in [0.717, 1.165) is 16.9 Å². The summed E-state index contributed by atoms with van der Waals surface area (Å²) in [6, 6.07) is 17.8. The molecule has 0 saturated heterocycles. The fourth-order valence-corrected chi connectivity index (χ4v) is 2.63. The minimum atomic E-state index is 0.406. The Morgan fingerprint density at radius 2 is 2.00 bits per heavy atom. The van der Waals surface area contributed by atoms with Gasteiger partial charge in [-0.15, -0.1) is 0 Å². The summed E-state index contributed by atoms with van der Waals surface area (Å²) in [6.07, 6.45) is 5.34. The second-order valence-corrected chi connectivity index (χ2v) is 5.89. The minimum absolute atomic E-state index is 0.406. The van der Waals surface area contributed by atoms with E-state index in [-0.39, 0.29) is 0 Å². The van der Waals surface area contributed by atoms with Gasteiger partial charge in [0.05, 0.1) is 18.1 Å². The van der Waals surface area contributed by atoms with Crippen molar-refractivity contribution >= 4 is 11.9 Å². The normalized spacial score (nSPS) is 10.7. The van der Waals surface area contributed by atoms with E-state index in [1.807, 2.05) is 84.5 Å². The Balaban J connectivity index is 1.82. The average molecular weight is 346 g/mol. The van der Waals surface area contributed by atoms with Gasteiger partial charge in [0, 0.05) is 20.2 Å². The van der Waals surface area contributed by atoms with E-state index in [2.05, 4.69) is 16.2 Å². The van der Waals surface area contributed by atoms with Crippen LogP contribution in [0.15, 0.2) is 66.1 Å². The van der Waals surface area contributed by atoms with Crippen molar-refractivity contribution in [2.75, 3.05) is 19.0 Å². The van der Waals surface area contributed by atoms with Crippen LogP contribution in [0.2, 0.25) is 0 Å². The molecule has 0 amide bonds. The number of H-pyrrole nitrogens is 1. The number of nitriles is 1. The van der Waals surface area contributed by atoms with Crippen molar-refractivity contribution in [2.45, 2.75) is 6.61 Å². The largest absolute Gasteiger partial charge is 0.391 e. The summed E-state index contributed by atoms with van der Waals surface area (Å²) in [4.78, 5) is 10.4. The molecular formula is C20H20N5O+. The standard InChI is InChI=1S/C20H19N5O/c1-24(2)19-10-11-22-20(18(19)13-21)25-12-6-9-17(25)14-23-26-15-16-7-4-3-5-8-16/h3-12,14H,15H2,1-2H3/p+1/b23-14+. The highest BCUT2D eigenvalue weighted by atomic mass is 16.6. The summed E-state index contributed by atoms with van der Waals surface area (Å²) in [5.74, 6) is 0.688. The zero-order chi connectivity index (χ0) is 18.4. The number of nitrogens with zero attached hydrogens (tertiary/aromatic N) is 4. The van der Waals surface area contributed by atoms with Crippen molar-refractivity contribution in [3.8, 4) is 11.9 Å². The van der Waals surface area contributed by atoms with Crippen molar-refractivity contribution in [1.82, 2.24) is 4.57 Å². The van der Waals surface area contributed by atoms with Gasteiger partial charge < -0.3 is 9.74 Å². The molecular weight excluding hydrogens is 326 g/mol. The molecule has 1 aromatic carbocycles. The first-order chi connectivity index (χ1) is 12.7. The Labute approximate surface area is 152 Å². The van der Waals surface area contributed by atoms with Gasteiger partial charge in [-0.2, -0.15) is 9.83 Å². The molecule has 0 aliphatic heterocycles. The van der Waals surface area contributed by atoms with Crippen LogP contribution in [0.3, 0.4) is 0 Å². The molecule has 0 unspecified atom stereocenters. The maximum atomic E-state index is 9.61. The molecule has 2 heterocycles. The fraction of sp³-hybridized carbons (Fsp3) is 0.150. The van der Waals surface area contributed by atoms with Gasteiger partial charge in [0.2, 0.25) is 0 Å². The number of hydrogen-bond acceptors (Lipinski definition) is 4. The number of nitrogens with one attached hydrogen (secondary N) is 1. The molecule has 0 atom stereocenters. The van der Waals surface area contributed by atoms with Crippen molar-refractivity contribution in [1.29, 1.82) is 5.26 Å². The third-order valence-corrected chi connectivity index (χ3v) is 3.90. The monoisotopic (exact) mass is 346 g/mol. The van der Waals surface area contributed by atoms with Gasteiger partial charge in [-0.25, -0.2) is 4.98 Å². The Kier molecular flexibility index (Phi) is 5.30. The molecule has 2 aromatic heterocycles. The lowest BCUT2D eigenvalue weighted by Crippen LogP contribution is -2.20. The topological polar surface area (TPSA) is 67.7 Å². The molecule has 0 radical (unpaired) electrons. The van der Waals surface area contributed by atoms with E-state index < -0.39 is 0 Å². The van der Waals surface area contributed by atoms with Crippen LogP contribution in [0.4, 0.5) is 5.69 Å². The molecule has 0 fully saturated rings. The molecule has 6 heteroatoms. The van der Waals surface area contributed by atoms with E-state index >= 15 is 0 Å². The summed E-state index contributed by atoms with van der Waals surface area (Å²) in [5, 5.41) is 13.7. The molecule has 0 saturated carbocycles. The predicted molar refractivity (Wildman–Crippen MR) is 100 cm³/mol. The van der Waals surface area contributed by atoms with Gasteiger partial charge in [0.1, 0.15) is 18.9 Å². The third kappa shape index (κ3) is 3.73. The molecule has 3 aromatic rings. The van der Waals surface area contributed by atoms with Crippen LogP contribution < -0.4 is 9.88 Å². The highest BCUT2D eigenvalue weighted by Gasteiger charge is 2.20. The minimum Gasteiger partial charge on any atom is -0.391 e. The van der Waals surface area contributed by atoms with Gasteiger partial charge in [0.25, 0.3) is 0 Å². The first kappa shape index (κ1) is 17.2. The Bertz CT molecular complexity index is 938. The molecule has 0 aliphatic carbocycles. The lowest BCUT2D eigenvalue weighted by Gasteiger charge is -2.13. The molecule has 3 rings (SSSR count). The number of aromatic nitrogens is 2. The van der Waals surface area contributed by atoms with Crippen molar-refractivity contribution < 1.29 is 9.82 Å². The first-order valence-electron chi connectivity index (χ1n) is 8.20. The van der Waals surface area contributed by atoms with Crippen molar-refractivity contribution in [3.05, 3.63) is 77.7 Å². The van der Waals surface area contributed by atoms with Gasteiger partial charge in [-0.05, 0) is 17.7 Å². The molecule has 26 heavy (non-hydrogen) atoms. The predicted octanol–water partition coefficient (Wildman–Crippen LogP) is 2.78. The van der Waals surface area contributed by atoms with Crippen LogP contribution in [0.1, 0.15) is 16.8 Å². The molecule has 0 bridgehead atoms. The lowest BCUT2D eigenvalue weighted by molar-refractivity contribution is -0.373. The van der Waals surface area contributed by atoms with Crippen LogP contribution in [-0.4, -0.2) is 24.9 Å². The number of pyridine rings is 1.